The van der Waals surface area contributed by atoms with Crippen LogP contribution in [0.5, 0.6) is 0 Å². The Kier molecular flexibility index (Phi) is 3.42. The molecule has 0 radical (unpaired) electrons. The van der Waals surface area contributed by atoms with Crippen molar-refractivity contribution in [3.05, 3.63) is 64.6 Å². The number of benzene rings is 1. The van der Waals surface area contributed by atoms with Crippen molar-refractivity contribution < 1.29 is 10.0 Å². The monoisotopic (exact) mass is 229 g/mol. The van der Waals surface area contributed by atoms with Gasteiger partial charge in [0.05, 0.1) is 0 Å². The molecule has 0 saturated heterocycles. The molecule has 0 bridgehead atoms. The lowest BCUT2D eigenvalue weighted by Gasteiger charge is -2.07. The molecule has 4 nitrogen and oxygen atoms in total. The highest BCUT2D eigenvalue weighted by Crippen LogP contribution is 2.00. The van der Waals surface area contributed by atoms with Gasteiger partial charge < -0.3 is 14.6 Å². The van der Waals surface area contributed by atoms with E-state index in [4.69, 9.17) is 10.0 Å². The van der Waals surface area contributed by atoms with Crippen LogP contribution in [-0.2, 0) is 6.54 Å². The Balaban J connectivity index is 2.21. The van der Waals surface area contributed by atoms with E-state index in [1.807, 2.05) is 10.6 Å². The molecule has 1 aromatic heterocycles. The summed E-state index contributed by atoms with van der Waals surface area (Å²) in [6.07, 6.45) is 3.40. The van der Waals surface area contributed by atoms with Gasteiger partial charge in [-0.2, -0.15) is 0 Å². The number of aromatic nitrogens is 1. The molecule has 5 heteroatoms. The Hall–Kier alpha value is -1.85. The van der Waals surface area contributed by atoms with Gasteiger partial charge in [0.25, 0.3) is 0 Å². The van der Waals surface area contributed by atoms with Crippen LogP contribution in [0, 0.1) is 0 Å². The number of rotatable bonds is 3. The van der Waals surface area contributed by atoms with Crippen molar-refractivity contribution >= 4 is 12.6 Å². The molecular formula is C12H12BNO3. The van der Waals surface area contributed by atoms with Crippen molar-refractivity contribution in [1.82, 2.24) is 4.57 Å². The highest BCUT2D eigenvalue weighted by Gasteiger charge is 2.10. The summed E-state index contributed by atoms with van der Waals surface area (Å²) in [4.78, 5) is 10.9. The molecule has 1 heterocycles. The first-order valence-electron chi connectivity index (χ1n) is 5.26. The minimum Gasteiger partial charge on any atom is -0.423 e. The molecule has 0 aliphatic carbocycles. The average Bonchev–Trinajstić information content (AvgIpc) is 2.32. The standard InChI is InChI=1S/C12H12BNO3/c15-12-4-6-14(7-5-12)9-10-2-1-3-11(8-10)13(16)17/h1-8,16-17H,9H2. The molecule has 2 rings (SSSR count). The molecule has 0 fully saturated rings. The van der Waals surface area contributed by atoms with Crippen LogP contribution in [0.3, 0.4) is 0 Å². The van der Waals surface area contributed by atoms with E-state index in [1.54, 1.807) is 30.6 Å². The molecule has 2 aromatic rings. The molecule has 1 aromatic carbocycles. The summed E-state index contributed by atoms with van der Waals surface area (Å²) in [5, 5.41) is 18.1. The summed E-state index contributed by atoms with van der Waals surface area (Å²) in [6.45, 7) is 0.584. The lowest BCUT2D eigenvalue weighted by Crippen LogP contribution is -2.30. The highest BCUT2D eigenvalue weighted by atomic mass is 16.4. The topological polar surface area (TPSA) is 62.5 Å². The Labute approximate surface area is 98.9 Å². The Morgan fingerprint density at radius 2 is 1.82 bits per heavy atom. The zero-order valence-electron chi connectivity index (χ0n) is 9.15. The molecular weight excluding hydrogens is 217 g/mol. The SMILES string of the molecule is O=c1ccn(Cc2cccc(B(O)O)c2)cc1. The molecule has 0 atom stereocenters. The van der Waals surface area contributed by atoms with Gasteiger partial charge >= 0.3 is 7.12 Å². The molecule has 0 aliphatic heterocycles. The van der Waals surface area contributed by atoms with Crippen molar-refractivity contribution in [3.63, 3.8) is 0 Å². The second-order valence-corrected chi connectivity index (χ2v) is 3.82. The lowest BCUT2D eigenvalue weighted by molar-refractivity contribution is 0.425. The van der Waals surface area contributed by atoms with Crippen LogP contribution in [-0.4, -0.2) is 21.7 Å². The van der Waals surface area contributed by atoms with E-state index in [2.05, 4.69) is 0 Å². The quantitative estimate of drug-likeness (QED) is 0.702. The van der Waals surface area contributed by atoms with Gasteiger partial charge in [0.15, 0.2) is 5.43 Å². The number of pyridine rings is 1. The van der Waals surface area contributed by atoms with Gasteiger partial charge in [-0.05, 0) is 11.0 Å². The maximum Gasteiger partial charge on any atom is 0.488 e. The number of hydrogen-bond donors (Lipinski definition) is 2. The minimum atomic E-state index is -1.45. The van der Waals surface area contributed by atoms with Crippen molar-refractivity contribution in [2.75, 3.05) is 0 Å². The normalized spacial score (nSPS) is 10.2. The smallest absolute Gasteiger partial charge is 0.423 e. The van der Waals surface area contributed by atoms with E-state index in [0.29, 0.717) is 12.0 Å². The second-order valence-electron chi connectivity index (χ2n) is 3.82. The number of nitrogens with zero attached hydrogens (tertiary/aromatic N) is 1. The zero-order valence-corrected chi connectivity index (χ0v) is 9.15. The van der Waals surface area contributed by atoms with Gasteiger partial charge in [0, 0.05) is 31.1 Å². The molecule has 0 amide bonds. The zero-order chi connectivity index (χ0) is 12.3. The van der Waals surface area contributed by atoms with Gasteiger partial charge in [-0.15, -0.1) is 0 Å². The fourth-order valence-corrected chi connectivity index (χ4v) is 1.61. The highest BCUT2D eigenvalue weighted by molar-refractivity contribution is 6.58. The van der Waals surface area contributed by atoms with E-state index < -0.39 is 7.12 Å². The Bertz CT molecular complexity index is 545. The molecule has 86 valence electrons. The van der Waals surface area contributed by atoms with Crippen LogP contribution in [0.4, 0.5) is 0 Å². The Morgan fingerprint density at radius 1 is 1.12 bits per heavy atom. The van der Waals surface area contributed by atoms with Crippen molar-refractivity contribution in [2.24, 2.45) is 0 Å². The van der Waals surface area contributed by atoms with Crippen LogP contribution in [0.2, 0.25) is 0 Å². The molecule has 0 unspecified atom stereocenters. The van der Waals surface area contributed by atoms with Gasteiger partial charge in [-0.25, -0.2) is 0 Å². The predicted molar refractivity (Wildman–Crippen MR) is 66.1 cm³/mol. The molecule has 17 heavy (non-hydrogen) atoms. The third-order valence-electron chi connectivity index (χ3n) is 2.47. The maximum atomic E-state index is 10.9. The third kappa shape index (κ3) is 3.06. The average molecular weight is 229 g/mol. The summed E-state index contributed by atoms with van der Waals surface area (Å²) in [5.74, 6) is 0. The lowest BCUT2D eigenvalue weighted by atomic mass is 9.79. The predicted octanol–water partition coefficient (Wildman–Crippen LogP) is -0.424. The van der Waals surface area contributed by atoms with E-state index in [1.165, 1.54) is 12.1 Å². The van der Waals surface area contributed by atoms with E-state index in [-0.39, 0.29) is 5.43 Å². The van der Waals surface area contributed by atoms with Crippen molar-refractivity contribution in [1.29, 1.82) is 0 Å². The minimum absolute atomic E-state index is 0.0271. The van der Waals surface area contributed by atoms with Crippen LogP contribution >= 0.6 is 0 Å². The third-order valence-corrected chi connectivity index (χ3v) is 2.47. The second kappa shape index (κ2) is 4.99. The van der Waals surface area contributed by atoms with Crippen LogP contribution in [0.15, 0.2) is 53.6 Å². The van der Waals surface area contributed by atoms with Crippen LogP contribution in [0.1, 0.15) is 5.56 Å². The fourth-order valence-electron chi connectivity index (χ4n) is 1.61. The fraction of sp³-hybridized carbons (Fsp3) is 0.0833. The molecule has 2 N–H and O–H groups in total. The first-order chi connectivity index (χ1) is 8.15. The van der Waals surface area contributed by atoms with E-state index in [9.17, 15) is 4.79 Å². The van der Waals surface area contributed by atoms with Crippen molar-refractivity contribution in [3.8, 4) is 0 Å². The summed E-state index contributed by atoms with van der Waals surface area (Å²) in [5.41, 5.74) is 1.38. The molecule has 0 saturated carbocycles. The van der Waals surface area contributed by atoms with Crippen molar-refractivity contribution in [2.45, 2.75) is 6.54 Å². The van der Waals surface area contributed by atoms with Gasteiger partial charge in [0.1, 0.15) is 0 Å². The summed E-state index contributed by atoms with van der Waals surface area (Å²) in [6, 6.07) is 10.0. The van der Waals surface area contributed by atoms with E-state index in [0.717, 1.165) is 5.56 Å². The maximum absolute atomic E-state index is 10.9. The Morgan fingerprint density at radius 3 is 2.47 bits per heavy atom. The summed E-state index contributed by atoms with van der Waals surface area (Å²) >= 11 is 0. The summed E-state index contributed by atoms with van der Waals surface area (Å²) in [7, 11) is -1.45. The molecule has 0 aliphatic rings. The van der Waals surface area contributed by atoms with Crippen LogP contribution in [0.25, 0.3) is 0 Å². The van der Waals surface area contributed by atoms with Gasteiger partial charge in [-0.3, -0.25) is 4.79 Å². The molecule has 0 spiro atoms. The van der Waals surface area contributed by atoms with Crippen LogP contribution < -0.4 is 10.9 Å². The van der Waals surface area contributed by atoms with E-state index >= 15 is 0 Å². The largest absolute Gasteiger partial charge is 0.488 e. The first kappa shape index (κ1) is 11.6. The first-order valence-corrected chi connectivity index (χ1v) is 5.26. The number of hydrogen-bond acceptors (Lipinski definition) is 3. The van der Waals surface area contributed by atoms with Gasteiger partial charge in [0.2, 0.25) is 0 Å². The summed E-state index contributed by atoms with van der Waals surface area (Å²) < 4.78 is 1.85. The van der Waals surface area contributed by atoms with Gasteiger partial charge in [-0.1, -0.05) is 24.3 Å².